The van der Waals surface area contributed by atoms with Gasteiger partial charge in [-0.25, -0.2) is 11.0 Å². The summed E-state index contributed by atoms with van der Waals surface area (Å²) in [6, 6.07) is 35.3. The van der Waals surface area contributed by atoms with Crippen LogP contribution in [0.3, 0.4) is 0 Å². The van der Waals surface area contributed by atoms with Crippen molar-refractivity contribution >= 4 is 52.3 Å². The Morgan fingerprint density at radius 1 is 0.507 bits per heavy atom. The average Bonchev–Trinajstić information content (AvgIpc) is 3.37. The molecule has 18 nitrogen and oxygen atoms in total. The van der Waals surface area contributed by atoms with Crippen LogP contribution in [0.15, 0.2) is 109 Å². The molecule has 0 aromatic heterocycles. The van der Waals surface area contributed by atoms with Gasteiger partial charge < -0.3 is 35.3 Å². The maximum atomic E-state index is 13.8. The number of para-hydroxylation sites is 2. The van der Waals surface area contributed by atoms with Crippen LogP contribution in [-0.4, -0.2) is 163 Å². The number of nitrogens with one attached hydrogen (secondary N) is 4. The third-order valence-corrected chi connectivity index (χ3v) is 12.5. The van der Waals surface area contributed by atoms with E-state index in [2.05, 4.69) is 56.8 Å². The van der Waals surface area contributed by atoms with Crippen LogP contribution < -0.4 is 31.4 Å². The quantitative estimate of drug-likeness (QED) is 0.0217. The number of aliphatic hydroxyl groups is 1. The molecule has 6 rings (SSSR count). The summed E-state index contributed by atoms with van der Waals surface area (Å²) in [4.78, 5) is 75.3. The van der Waals surface area contributed by atoms with E-state index in [0.29, 0.717) is 89.4 Å². The maximum absolute atomic E-state index is 13.8. The summed E-state index contributed by atoms with van der Waals surface area (Å²) in [6.07, 6.45) is 2.46. The molecule has 0 spiro atoms. The third kappa shape index (κ3) is 17.2. The van der Waals surface area contributed by atoms with Crippen LogP contribution in [0.25, 0.3) is 11.1 Å². The molecule has 7 N–H and O–H groups in total. The van der Waals surface area contributed by atoms with Gasteiger partial charge in [0.2, 0.25) is 29.5 Å². The van der Waals surface area contributed by atoms with Crippen LogP contribution in [0, 0.1) is 0 Å². The highest BCUT2D eigenvalue weighted by molar-refractivity contribution is 5.92. The highest BCUT2D eigenvalue weighted by Gasteiger charge is 2.27. The molecule has 0 aliphatic carbocycles. The predicted molar refractivity (Wildman–Crippen MR) is 266 cm³/mol. The molecule has 2 heterocycles. The number of benzene rings is 4. The van der Waals surface area contributed by atoms with Crippen LogP contribution in [0.5, 0.6) is 0 Å². The fourth-order valence-electron chi connectivity index (χ4n) is 8.69. The number of rotatable bonds is 25. The molecule has 2 aliphatic heterocycles. The van der Waals surface area contributed by atoms with E-state index < -0.39 is 18.0 Å². The van der Waals surface area contributed by atoms with Crippen molar-refractivity contribution in [2.24, 2.45) is 0 Å². The minimum absolute atomic E-state index is 0.00486. The fraction of sp³-hybridized carbons (Fsp3) is 0.431. The van der Waals surface area contributed by atoms with Crippen molar-refractivity contribution in [2.45, 2.75) is 51.2 Å². The molecular formula is C51H68N10O8. The number of hydrogen-bond donors (Lipinski definition) is 7. The molecule has 2 fully saturated rings. The summed E-state index contributed by atoms with van der Waals surface area (Å²) in [7, 11) is 0. The number of hydrogen-bond acceptors (Lipinski definition) is 13. The Hall–Kier alpha value is -6.57. The first-order valence-electron chi connectivity index (χ1n) is 24.0. The molecule has 1 unspecified atom stereocenters. The number of aliphatic hydroxyl groups excluding tert-OH is 1. The topological polar surface area (TPSA) is 214 Å². The predicted octanol–water partition coefficient (Wildman–Crippen LogP) is 4.07. The van der Waals surface area contributed by atoms with Crippen molar-refractivity contribution in [3.05, 3.63) is 109 Å². The van der Waals surface area contributed by atoms with E-state index in [-0.39, 0.29) is 56.7 Å². The third-order valence-electron chi connectivity index (χ3n) is 12.5. The summed E-state index contributed by atoms with van der Waals surface area (Å²) >= 11 is 0. The SMILES string of the molecule is O=C(CCCCCN(CC(=O)N1CCN(c2ccccc2)CC1)CC(=O)N1CCN(c2ccc(-c3cccc(NC(O)CN(CCCCC(=O)NO)CC(=O)Nc4ccccc4)c3)cc2)CC1)NO. The zero-order chi connectivity index (χ0) is 48.8. The number of carbonyl (C=O) groups excluding carboxylic acids is 5. The van der Waals surface area contributed by atoms with Gasteiger partial charge in [0.15, 0.2) is 0 Å². The Morgan fingerprint density at radius 2 is 1.01 bits per heavy atom. The van der Waals surface area contributed by atoms with Gasteiger partial charge in [-0.2, -0.15) is 0 Å². The Kier molecular flexibility index (Phi) is 20.6. The molecule has 4 aromatic carbocycles. The van der Waals surface area contributed by atoms with E-state index in [1.54, 1.807) is 23.1 Å². The van der Waals surface area contributed by atoms with E-state index in [1.807, 2.05) is 80.3 Å². The Morgan fingerprint density at radius 3 is 1.59 bits per heavy atom. The van der Waals surface area contributed by atoms with Crippen molar-refractivity contribution < 1.29 is 39.5 Å². The van der Waals surface area contributed by atoms with Gasteiger partial charge in [0.05, 0.1) is 19.6 Å². The standard InChI is InChI=1S/C51H68N10O8/c62-46(54-68)19-8-3-10-25-57(38-50(66)60-31-27-58(28-32-60)44-17-6-2-7-18-44)39-51(67)61-33-29-59(30-34-61)45-23-21-40(22-24-45)41-13-12-16-43(35-41)53-49(65)37-56(26-11-9-20-47(63)55-69)36-48(64)52-42-14-4-1-5-15-42/h1-2,4-7,12-18,21-24,35,49,53,65,68-69H,3,8-11,19-20,25-34,36-39H2,(H,52,64)(H,54,62)(H,55,63). The first-order valence-corrected chi connectivity index (χ1v) is 24.0. The Labute approximate surface area is 404 Å². The molecule has 0 bridgehead atoms. The van der Waals surface area contributed by atoms with Gasteiger partial charge in [-0.05, 0) is 98.4 Å². The Balaban J connectivity index is 0.981. The normalized spacial score (nSPS) is 14.4. The number of piperazine rings is 2. The smallest absolute Gasteiger partial charge is 0.243 e. The second-order valence-electron chi connectivity index (χ2n) is 17.6. The summed E-state index contributed by atoms with van der Waals surface area (Å²) in [5, 5.41) is 34.9. The number of amides is 5. The molecule has 69 heavy (non-hydrogen) atoms. The first kappa shape index (κ1) is 51.8. The van der Waals surface area contributed by atoms with Crippen LogP contribution >= 0.6 is 0 Å². The molecule has 2 saturated heterocycles. The molecule has 18 heteroatoms. The van der Waals surface area contributed by atoms with Crippen molar-refractivity contribution in [3.63, 3.8) is 0 Å². The summed E-state index contributed by atoms with van der Waals surface area (Å²) in [5.74, 6) is -1.15. The molecule has 370 valence electrons. The average molecular weight is 949 g/mol. The van der Waals surface area contributed by atoms with Gasteiger partial charge in [-0.3, -0.25) is 44.2 Å². The molecule has 2 aliphatic rings. The first-order chi connectivity index (χ1) is 33.6. The molecular weight excluding hydrogens is 881 g/mol. The van der Waals surface area contributed by atoms with Crippen LogP contribution in [-0.2, 0) is 24.0 Å². The Bertz CT molecular complexity index is 2220. The lowest BCUT2D eigenvalue weighted by Crippen LogP contribution is -2.54. The number of nitrogens with zero attached hydrogens (tertiary/aromatic N) is 6. The minimum atomic E-state index is -1.00. The zero-order valence-corrected chi connectivity index (χ0v) is 39.4. The van der Waals surface area contributed by atoms with Crippen molar-refractivity contribution in [1.29, 1.82) is 0 Å². The van der Waals surface area contributed by atoms with Crippen LogP contribution in [0.4, 0.5) is 22.7 Å². The van der Waals surface area contributed by atoms with Gasteiger partial charge in [0, 0.05) is 94.5 Å². The second kappa shape index (κ2) is 27.4. The highest BCUT2D eigenvalue weighted by Crippen LogP contribution is 2.27. The van der Waals surface area contributed by atoms with Gasteiger partial charge >= 0.3 is 0 Å². The van der Waals surface area contributed by atoms with Crippen molar-refractivity contribution in [2.75, 3.05) is 112 Å². The van der Waals surface area contributed by atoms with Gasteiger partial charge in [0.1, 0.15) is 6.23 Å². The van der Waals surface area contributed by atoms with Crippen molar-refractivity contribution in [3.8, 4) is 11.1 Å². The van der Waals surface area contributed by atoms with Crippen molar-refractivity contribution in [1.82, 2.24) is 30.6 Å². The lowest BCUT2D eigenvalue weighted by atomic mass is 10.0. The summed E-state index contributed by atoms with van der Waals surface area (Å²) in [6.45, 7) is 6.55. The fourth-order valence-corrected chi connectivity index (χ4v) is 8.69. The van der Waals surface area contributed by atoms with E-state index in [0.717, 1.165) is 42.0 Å². The van der Waals surface area contributed by atoms with Gasteiger partial charge in [-0.15, -0.1) is 0 Å². The second-order valence-corrected chi connectivity index (χ2v) is 17.6. The lowest BCUT2D eigenvalue weighted by molar-refractivity contribution is -0.136. The summed E-state index contributed by atoms with van der Waals surface area (Å²) in [5.41, 5.74) is 8.79. The molecule has 1 atom stereocenters. The number of unbranched alkanes of at least 4 members (excludes halogenated alkanes) is 3. The van der Waals surface area contributed by atoms with E-state index in [1.165, 1.54) is 0 Å². The van der Waals surface area contributed by atoms with Gasteiger partial charge in [0.25, 0.3) is 0 Å². The monoisotopic (exact) mass is 949 g/mol. The van der Waals surface area contributed by atoms with Gasteiger partial charge in [-0.1, -0.05) is 67.1 Å². The molecule has 4 aromatic rings. The van der Waals surface area contributed by atoms with E-state index >= 15 is 0 Å². The number of carbonyl (C=O) groups is 5. The van der Waals surface area contributed by atoms with Crippen LogP contribution in [0.2, 0.25) is 0 Å². The lowest BCUT2D eigenvalue weighted by Gasteiger charge is -2.38. The van der Waals surface area contributed by atoms with E-state index in [9.17, 15) is 29.1 Å². The minimum Gasteiger partial charge on any atom is -0.372 e. The highest BCUT2D eigenvalue weighted by atomic mass is 16.5. The maximum Gasteiger partial charge on any atom is 0.243 e. The number of hydroxylamine groups is 2. The molecule has 0 radical (unpaired) electrons. The molecule has 0 saturated carbocycles. The summed E-state index contributed by atoms with van der Waals surface area (Å²) < 4.78 is 0. The largest absolute Gasteiger partial charge is 0.372 e. The molecule has 5 amide bonds. The number of anilines is 4. The zero-order valence-electron chi connectivity index (χ0n) is 39.4. The van der Waals surface area contributed by atoms with Crippen LogP contribution in [0.1, 0.15) is 44.9 Å². The van der Waals surface area contributed by atoms with E-state index in [4.69, 9.17) is 10.4 Å².